The molecule has 0 aliphatic carbocycles. The molecule has 2 heterocycles. The van der Waals surface area contributed by atoms with Gasteiger partial charge in [0.1, 0.15) is 12.2 Å². The fourth-order valence-corrected chi connectivity index (χ4v) is 8.42. The Labute approximate surface area is 359 Å². The van der Waals surface area contributed by atoms with Crippen LogP contribution in [0.5, 0.6) is 0 Å². The second kappa shape index (κ2) is 33.1. The number of nitrogens with two attached hydrogens (primary N) is 1. The van der Waals surface area contributed by atoms with Gasteiger partial charge in [0.15, 0.2) is 6.23 Å². The SMILES string of the molecule is CCN(CC)CC.CCN(CC)CC.CCN(CC)CC.CCN(CC)CC.N[C@@H]1[C@H](O)[C@@H](COP(=O)(O)OP(=O)(O)OP(=O)(O)O)O[C@H]1n1cc(I)c(=O)[nH]c1=O. The number of phosphoric acid groups is 3. The number of halogens is 1. The molecule has 0 amide bonds. The number of nitrogens with zero attached hydrogens (tertiary/aromatic N) is 5. The van der Waals surface area contributed by atoms with E-state index in [9.17, 15) is 33.3 Å². The summed E-state index contributed by atoms with van der Waals surface area (Å²) in [6, 6.07) is -1.26. The van der Waals surface area contributed by atoms with E-state index in [0.29, 0.717) is 0 Å². The molecule has 0 aromatic carbocycles. The van der Waals surface area contributed by atoms with Crippen LogP contribution in [0.2, 0.25) is 0 Å². The number of aromatic nitrogens is 2. The molecular formula is C33H75IN7O14P3. The molecule has 0 bridgehead atoms. The quantitative estimate of drug-likeness (QED) is 0.0727. The van der Waals surface area contributed by atoms with Crippen LogP contribution in [0.15, 0.2) is 15.8 Å². The Bertz CT molecular complexity index is 1390. The van der Waals surface area contributed by atoms with Crippen molar-refractivity contribution in [2.75, 3.05) is 85.1 Å². The number of aliphatic hydroxyl groups is 1. The van der Waals surface area contributed by atoms with E-state index >= 15 is 0 Å². The molecule has 25 heteroatoms. The lowest BCUT2D eigenvalue weighted by atomic mass is 10.1. The topological polar surface area (TPSA) is 283 Å². The summed E-state index contributed by atoms with van der Waals surface area (Å²) in [5, 5.41) is 10.1. The summed E-state index contributed by atoms with van der Waals surface area (Å²) >= 11 is 1.63. The van der Waals surface area contributed by atoms with Crippen LogP contribution in [0.4, 0.5) is 0 Å². The molecule has 348 valence electrons. The number of hydrogen-bond acceptors (Lipinski definition) is 15. The van der Waals surface area contributed by atoms with Gasteiger partial charge in [0.25, 0.3) is 5.56 Å². The fraction of sp³-hybridized carbons (Fsp3) is 0.879. The first-order chi connectivity index (χ1) is 26.9. The smallest absolute Gasteiger partial charge is 0.389 e. The predicted molar refractivity (Wildman–Crippen MR) is 236 cm³/mol. The van der Waals surface area contributed by atoms with Crippen molar-refractivity contribution < 1.29 is 56.3 Å². The average molecular weight is 1010 g/mol. The zero-order chi connectivity index (χ0) is 45.9. The van der Waals surface area contributed by atoms with Crippen LogP contribution in [0.3, 0.4) is 0 Å². The number of nitrogens with one attached hydrogen (secondary N) is 1. The highest BCUT2D eigenvalue weighted by Gasteiger charge is 2.46. The van der Waals surface area contributed by atoms with Gasteiger partial charge >= 0.3 is 29.2 Å². The van der Waals surface area contributed by atoms with Gasteiger partial charge in [0.05, 0.1) is 16.2 Å². The number of aliphatic hydroxyl groups excluding tert-OH is 1. The second-order valence-corrected chi connectivity index (χ2v) is 17.7. The van der Waals surface area contributed by atoms with E-state index in [4.69, 9.17) is 25.2 Å². The summed E-state index contributed by atoms with van der Waals surface area (Å²) in [7, 11) is -16.7. The molecule has 2 rings (SSSR count). The van der Waals surface area contributed by atoms with E-state index in [1.54, 1.807) is 22.6 Å². The number of H-pyrrole nitrogens is 1. The molecule has 1 aliphatic heterocycles. The van der Waals surface area contributed by atoms with Crippen LogP contribution in [0.25, 0.3) is 0 Å². The van der Waals surface area contributed by atoms with Crippen molar-refractivity contribution in [2.24, 2.45) is 5.73 Å². The maximum absolute atomic E-state index is 11.9. The molecular weight excluding hydrogens is 938 g/mol. The van der Waals surface area contributed by atoms with Crippen molar-refractivity contribution >= 4 is 46.1 Å². The molecule has 1 aliphatic rings. The Morgan fingerprint density at radius 2 is 1.03 bits per heavy atom. The van der Waals surface area contributed by atoms with E-state index in [1.165, 1.54) is 78.5 Å². The number of aromatic amines is 1. The molecule has 6 atom stereocenters. The molecule has 1 fully saturated rings. The van der Waals surface area contributed by atoms with Gasteiger partial charge in [0, 0.05) is 6.20 Å². The Kier molecular flexibility index (Phi) is 35.3. The molecule has 1 saturated heterocycles. The van der Waals surface area contributed by atoms with Crippen molar-refractivity contribution in [3.05, 3.63) is 30.6 Å². The highest BCUT2D eigenvalue weighted by molar-refractivity contribution is 14.1. The lowest BCUT2D eigenvalue weighted by Gasteiger charge is -2.19. The minimum Gasteiger partial charge on any atom is -0.389 e. The maximum Gasteiger partial charge on any atom is 0.490 e. The number of hydrogen-bond donors (Lipinski definition) is 7. The van der Waals surface area contributed by atoms with E-state index in [2.05, 4.69) is 116 Å². The molecule has 58 heavy (non-hydrogen) atoms. The molecule has 8 N–H and O–H groups in total. The van der Waals surface area contributed by atoms with Crippen molar-refractivity contribution in [3.8, 4) is 0 Å². The standard InChI is InChI=1S/C9H15IN3O14P3.4C6H15N/c10-3-1-13(9(16)12-7(3)15)8-5(11)6(14)4(25-8)2-24-29(20,21)27-30(22,23)26-28(17,18)19;4*1-4-7(5-2)6-3/h1,4-6,8,14H,2,11H2,(H,20,21)(H,22,23)(H,12,15,16)(H2,17,18,19);4*4-6H2,1-3H3/t4-,5-,6-,8-;;;;/m1..../s1. The van der Waals surface area contributed by atoms with Gasteiger partial charge in [-0.25, -0.2) is 18.5 Å². The minimum atomic E-state index is -5.71. The largest absolute Gasteiger partial charge is 0.490 e. The van der Waals surface area contributed by atoms with Gasteiger partial charge in [-0.3, -0.25) is 18.9 Å². The average Bonchev–Trinajstić information content (AvgIpc) is 3.43. The Morgan fingerprint density at radius 1 is 0.690 bits per heavy atom. The molecule has 0 saturated carbocycles. The van der Waals surface area contributed by atoms with E-state index in [0.717, 1.165) is 10.8 Å². The van der Waals surface area contributed by atoms with Crippen LogP contribution < -0.4 is 17.0 Å². The van der Waals surface area contributed by atoms with E-state index < -0.39 is 65.8 Å². The lowest BCUT2D eigenvalue weighted by molar-refractivity contribution is -0.0456. The maximum atomic E-state index is 11.9. The highest BCUT2D eigenvalue weighted by Crippen LogP contribution is 2.66. The summed E-state index contributed by atoms with van der Waals surface area (Å²) in [6.07, 6.45) is -3.25. The van der Waals surface area contributed by atoms with Crippen LogP contribution in [0.1, 0.15) is 89.3 Å². The Morgan fingerprint density at radius 3 is 1.33 bits per heavy atom. The van der Waals surface area contributed by atoms with Crippen LogP contribution in [0, 0.1) is 3.57 Å². The van der Waals surface area contributed by atoms with Gasteiger partial charge in [-0.1, -0.05) is 83.1 Å². The summed E-state index contributed by atoms with van der Waals surface area (Å²) < 4.78 is 51.3. The summed E-state index contributed by atoms with van der Waals surface area (Å²) in [5.74, 6) is 0. The first-order valence-electron chi connectivity index (χ1n) is 19.7. The Balaban J connectivity index is -0.000000868. The van der Waals surface area contributed by atoms with Crippen LogP contribution in [-0.2, 0) is 31.6 Å². The van der Waals surface area contributed by atoms with Gasteiger partial charge in [0.2, 0.25) is 0 Å². The zero-order valence-corrected chi connectivity index (χ0v) is 41.4. The van der Waals surface area contributed by atoms with Gasteiger partial charge < -0.3 is 54.8 Å². The summed E-state index contributed by atoms with van der Waals surface area (Å²) in [6.45, 7) is 39.5. The summed E-state index contributed by atoms with van der Waals surface area (Å²) in [4.78, 5) is 70.3. The number of phosphoric ester groups is 1. The third-order valence-corrected chi connectivity index (χ3v) is 13.4. The van der Waals surface area contributed by atoms with E-state index in [1.807, 2.05) is 4.98 Å². The van der Waals surface area contributed by atoms with E-state index in [-0.39, 0.29) is 3.57 Å². The van der Waals surface area contributed by atoms with Crippen LogP contribution in [-0.4, -0.2) is 157 Å². The third-order valence-electron chi connectivity index (χ3n) is 8.80. The molecule has 1 aromatic rings. The molecule has 0 spiro atoms. The first-order valence-corrected chi connectivity index (χ1v) is 25.3. The highest BCUT2D eigenvalue weighted by atomic mass is 127. The zero-order valence-electron chi connectivity index (χ0n) is 36.5. The van der Waals surface area contributed by atoms with Gasteiger partial charge in [-0.15, -0.1) is 0 Å². The van der Waals surface area contributed by atoms with Crippen molar-refractivity contribution in [1.82, 2.24) is 29.2 Å². The molecule has 2 unspecified atom stereocenters. The third kappa shape index (κ3) is 27.5. The predicted octanol–water partition coefficient (Wildman–Crippen LogP) is 3.46. The van der Waals surface area contributed by atoms with Gasteiger partial charge in [-0.2, -0.15) is 8.62 Å². The van der Waals surface area contributed by atoms with Crippen LogP contribution >= 0.6 is 46.1 Å². The Hall–Kier alpha value is -0.460. The van der Waals surface area contributed by atoms with Crippen molar-refractivity contribution in [2.45, 2.75) is 108 Å². The second-order valence-electron chi connectivity index (χ2n) is 12.1. The van der Waals surface area contributed by atoms with Crippen molar-refractivity contribution in [3.63, 3.8) is 0 Å². The number of rotatable bonds is 20. The fourth-order valence-electron chi connectivity index (χ4n) is 4.96. The first kappa shape index (κ1) is 61.8. The molecule has 0 radical (unpaired) electrons. The van der Waals surface area contributed by atoms with Crippen molar-refractivity contribution in [1.29, 1.82) is 0 Å². The normalized spacial score (nSPS) is 19.8. The molecule has 21 nitrogen and oxygen atoms in total. The monoisotopic (exact) mass is 1010 g/mol. The lowest BCUT2D eigenvalue weighted by Crippen LogP contribution is -2.43. The minimum absolute atomic E-state index is 0.0919. The number of ether oxygens (including phenoxy) is 1. The molecule has 1 aromatic heterocycles. The summed E-state index contributed by atoms with van der Waals surface area (Å²) in [5.41, 5.74) is 4.19. The van der Waals surface area contributed by atoms with Gasteiger partial charge in [-0.05, 0) is 101 Å².